The molecule has 1 aliphatic rings. The quantitative estimate of drug-likeness (QED) is 0.836. The van der Waals surface area contributed by atoms with E-state index in [1.807, 2.05) is 24.3 Å². The molecule has 0 bridgehead atoms. The van der Waals surface area contributed by atoms with Crippen molar-refractivity contribution in [3.05, 3.63) is 63.4 Å². The van der Waals surface area contributed by atoms with Crippen LogP contribution in [-0.2, 0) is 6.42 Å². The standard InChI is InChI=1S/C15H12Cl2N2O2/c16-11-5-9(7-18-14(11)17)15(21)19-13-10-4-2-1-3-8(10)6-12(13)20/h1-5,7,12-13,20H,6H2,(H,19,21). The molecule has 6 heteroatoms. The number of aromatic nitrogens is 1. The minimum atomic E-state index is -0.637. The first-order valence-electron chi connectivity index (χ1n) is 6.44. The Morgan fingerprint density at radius 2 is 2.10 bits per heavy atom. The number of amides is 1. The van der Waals surface area contributed by atoms with E-state index in [1.54, 1.807) is 0 Å². The minimum absolute atomic E-state index is 0.152. The van der Waals surface area contributed by atoms with Gasteiger partial charge in [0.15, 0.2) is 0 Å². The second-order valence-corrected chi connectivity index (χ2v) is 5.68. The van der Waals surface area contributed by atoms with Crippen molar-refractivity contribution in [1.82, 2.24) is 10.3 Å². The summed E-state index contributed by atoms with van der Waals surface area (Å²) in [5.74, 6) is -0.346. The number of aliphatic hydroxyl groups is 1. The summed E-state index contributed by atoms with van der Waals surface area (Å²) in [6, 6.07) is 8.69. The summed E-state index contributed by atoms with van der Waals surface area (Å²) < 4.78 is 0. The van der Waals surface area contributed by atoms with Crippen LogP contribution in [0.15, 0.2) is 36.5 Å². The zero-order valence-corrected chi connectivity index (χ0v) is 12.4. The van der Waals surface area contributed by atoms with Crippen LogP contribution in [0.3, 0.4) is 0 Å². The van der Waals surface area contributed by atoms with Gasteiger partial charge in [0, 0.05) is 12.6 Å². The van der Waals surface area contributed by atoms with Crippen LogP contribution in [0.5, 0.6) is 0 Å². The molecule has 2 aromatic rings. The minimum Gasteiger partial charge on any atom is -0.390 e. The molecule has 0 saturated heterocycles. The molecular formula is C15H12Cl2N2O2. The first-order chi connectivity index (χ1) is 10.1. The molecule has 1 aliphatic carbocycles. The number of fused-ring (bicyclic) bond motifs is 1. The molecule has 108 valence electrons. The summed E-state index contributed by atoms with van der Waals surface area (Å²) in [6.45, 7) is 0. The predicted molar refractivity (Wildman–Crippen MR) is 80.6 cm³/mol. The van der Waals surface area contributed by atoms with Crippen molar-refractivity contribution in [2.24, 2.45) is 0 Å². The van der Waals surface area contributed by atoms with Gasteiger partial charge >= 0.3 is 0 Å². The lowest BCUT2D eigenvalue weighted by molar-refractivity contribution is 0.0858. The third kappa shape index (κ3) is 2.75. The Labute approximate surface area is 131 Å². The number of halogens is 2. The highest BCUT2D eigenvalue weighted by molar-refractivity contribution is 6.41. The molecular weight excluding hydrogens is 311 g/mol. The summed E-state index contributed by atoms with van der Waals surface area (Å²) in [7, 11) is 0. The molecule has 1 heterocycles. The van der Waals surface area contributed by atoms with Crippen molar-refractivity contribution in [1.29, 1.82) is 0 Å². The van der Waals surface area contributed by atoms with E-state index in [-0.39, 0.29) is 16.1 Å². The fraction of sp³-hybridized carbons (Fsp3) is 0.200. The Hall–Kier alpha value is -1.62. The summed E-state index contributed by atoms with van der Waals surface area (Å²) in [6.07, 6.45) is 1.25. The van der Waals surface area contributed by atoms with Gasteiger partial charge in [0.25, 0.3) is 5.91 Å². The van der Waals surface area contributed by atoms with Gasteiger partial charge in [0.1, 0.15) is 5.15 Å². The van der Waals surface area contributed by atoms with Gasteiger partial charge in [-0.25, -0.2) is 4.98 Å². The van der Waals surface area contributed by atoms with Crippen molar-refractivity contribution in [3.8, 4) is 0 Å². The number of hydrogen-bond donors (Lipinski definition) is 2. The molecule has 1 aromatic carbocycles. The average Bonchev–Trinajstić information content (AvgIpc) is 2.78. The maximum atomic E-state index is 12.3. The van der Waals surface area contributed by atoms with Crippen LogP contribution >= 0.6 is 23.2 Å². The molecule has 1 aromatic heterocycles. The fourth-order valence-electron chi connectivity index (χ4n) is 2.52. The molecule has 2 N–H and O–H groups in total. The summed E-state index contributed by atoms with van der Waals surface area (Å²) in [5.41, 5.74) is 2.29. The Kier molecular flexibility index (Phi) is 3.85. The van der Waals surface area contributed by atoms with Crippen LogP contribution in [0.4, 0.5) is 0 Å². The van der Waals surface area contributed by atoms with E-state index in [2.05, 4.69) is 10.3 Å². The largest absolute Gasteiger partial charge is 0.390 e. The van der Waals surface area contributed by atoms with E-state index in [0.29, 0.717) is 12.0 Å². The first-order valence-corrected chi connectivity index (χ1v) is 7.19. The van der Waals surface area contributed by atoms with Crippen molar-refractivity contribution in [2.75, 3.05) is 0 Å². The summed E-state index contributed by atoms with van der Waals surface area (Å²) in [4.78, 5) is 16.1. The number of rotatable bonds is 2. The Morgan fingerprint density at radius 3 is 2.86 bits per heavy atom. The Bertz CT molecular complexity index is 706. The maximum absolute atomic E-state index is 12.3. The molecule has 0 radical (unpaired) electrons. The Morgan fingerprint density at radius 1 is 1.33 bits per heavy atom. The molecule has 0 fully saturated rings. The second-order valence-electron chi connectivity index (χ2n) is 4.92. The van der Waals surface area contributed by atoms with Crippen LogP contribution in [0.25, 0.3) is 0 Å². The molecule has 4 nitrogen and oxygen atoms in total. The SMILES string of the molecule is O=C(NC1c2ccccc2CC1O)c1cnc(Cl)c(Cl)c1. The Balaban J connectivity index is 1.83. The molecule has 0 aliphatic heterocycles. The lowest BCUT2D eigenvalue weighted by atomic mass is 10.1. The van der Waals surface area contributed by atoms with Crippen molar-refractivity contribution >= 4 is 29.1 Å². The molecule has 3 rings (SSSR count). The van der Waals surface area contributed by atoms with E-state index in [9.17, 15) is 9.90 Å². The number of carbonyl (C=O) groups is 1. The smallest absolute Gasteiger partial charge is 0.253 e. The predicted octanol–water partition coefficient (Wildman–Crippen LogP) is 2.78. The van der Waals surface area contributed by atoms with Crippen LogP contribution < -0.4 is 5.32 Å². The van der Waals surface area contributed by atoms with Gasteiger partial charge < -0.3 is 10.4 Å². The van der Waals surface area contributed by atoms with Crippen LogP contribution in [0.2, 0.25) is 10.2 Å². The zero-order valence-electron chi connectivity index (χ0n) is 10.9. The molecule has 0 spiro atoms. The molecule has 1 amide bonds. The topological polar surface area (TPSA) is 62.2 Å². The van der Waals surface area contributed by atoms with Crippen LogP contribution in [-0.4, -0.2) is 22.1 Å². The van der Waals surface area contributed by atoms with Crippen LogP contribution in [0, 0.1) is 0 Å². The summed E-state index contributed by atoms with van der Waals surface area (Å²) in [5, 5.41) is 13.3. The third-order valence-electron chi connectivity index (χ3n) is 3.55. The lowest BCUT2D eigenvalue weighted by Gasteiger charge is -2.18. The lowest BCUT2D eigenvalue weighted by Crippen LogP contribution is -2.33. The fourth-order valence-corrected chi connectivity index (χ4v) is 2.79. The van der Waals surface area contributed by atoms with Crippen molar-refractivity contribution in [2.45, 2.75) is 18.6 Å². The second kappa shape index (κ2) is 5.64. The highest BCUT2D eigenvalue weighted by Gasteiger charge is 2.32. The average molecular weight is 323 g/mol. The highest BCUT2D eigenvalue weighted by atomic mass is 35.5. The zero-order chi connectivity index (χ0) is 15.0. The van der Waals surface area contributed by atoms with Gasteiger partial charge in [-0.2, -0.15) is 0 Å². The monoisotopic (exact) mass is 322 g/mol. The number of carbonyl (C=O) groups excluding carboxylic acids is 1. The van der Waals surface area contributed by atoms with Crippen LogP contribution in [0.1, 0.15) is 27.5 Å². The van der Waals surface area contributed by atoms with Gasteiger partial charge in [0.05, 0.1) is 22.7 Å². The third-order valence-corrected chi connectivity index (χ3v) is 4.24. The van der Waals surface area contributed by atoms with Gasteiger partial charge in [0.2, 0.25) is 0 Å². The van der Waals surface area contributed by atoms with E-state index >= 15 is 0 Å². The van der Waals surface area contributed by atoms with Crippen molar-refractivity contribution in [3.63, 3.8) is 0 Å². The number of nitrogens with zero attached hydrogens (tertiary/aromatic N) is 1. The van der Waals surface area contributed by atoms with Gasteiger partial charge in [-0.15, -0.1) is 0 Å². The van der Waals surface area contributed by atoms with Gasteiger partial charge in [-0.3, -0.25) is 4.79 Å². The molecule has 21 heavy (non-hydrogen) atoms. The normalized spacial score (nSPS) is 20.1. The van der Waals surface area contributed by atoms with E-state index in [0.717, 1.165) is 11.1 Å². The molecule has 2 unspecified atom stereocenters. The number of benzene rings is 1. The maximum Gasteiger partial charge on any atom is 0.253 e. The van der Waals surface area contributed by atoms with E-state index < -0.39 is 12.1 Å². The van der Waals surface area contributed by atoms with Gasteiger partial charge in [-0.05, 0) is 17.2 Å². The van der Waals surface area contributed by atoms with Gasteiger partial charge in [-0.1, -0.05) is 47.5 Å². The summed E-state index contributed by atoms with van der Waals surface area (Å²) >= 11 is 11.6. The first kappa shape index (κ1) is 14.3. The molecule has 0 saturated carbocycles. The van der Waals surface area contributed by atoms with E-state index in [4.69, 9.17) is 23.2 Å². The van der Waals surface area contributed by atoms with E-state index in [1.165, 1.54) is 12.3 Å². The number of pyridine rings is 1. The highest BCUT2D eigenvalue weighted by Crippen LogP contribution is 2.31. The molecule has 2 atom stereocenters. The van der Waals surface area contributed by atoms with Crippen molar-refractivity contribution < 1.29 is 9.90 Å². The number of nitrogens with one attached hydrogen (secondary N) is 1. The number of aliphatic hydroxyl groups excluding tert-OH is 1. The number of hydrogen-bond acceptors (Lipinski definition) is 3.